The number of rotatable bonds is 4. The van der Waals surface area contributed by atoms with Crippen LogP contribution in [0.5, 0.6) is 0 Å². The molecule has 0 amide bonds. The number of allylic oxidation sites excluding steroid dienone is 2. The summed E-state index contributed by atoms with van der Waals surface area (Å²) in [6, 6.07) is 10.0. The minimum Gasteiger partial charge on any atom is -0.286 e. The zero-order chi connectivity index (χ0) is 17.6. The van der Waals surface area contributed by atoms with Crippen molar-refractivity contribution in [3.63, 3.8) is 0 Å². The SMILES string of the molecule is CCc1c(C)cc2nc(C(=O)C3=CCC3)sc2c1-c1ccc(Cl)cc1. The lowest BCUT2D eigenvalue weighted by Gasteiger charge is -2.12. The first-order valence-corrected chi connectivity index (χ1v) is 9.70. The van der Waals surface area contributed by atoms with Crippen molar-refractivity contribution in [1.29, 1.82) is 0 Å². The Labute approximate surface area is 156 Å². The van der Waals surface area contributed by atoms with Crippen LogP contribution in [0.3, 0.4) is 0 Å². The maximum Gasteiger partial charge on any atom is 0.217 e. The largest absolute Gasteiger partial charge is 0.286 e. The van der Waals surface area contributed by atoms with Gasteiger partial charge in [0.2, 0.25) is 5.78 Å². The number of hydrogen-bond donors (Lipinski definition) is 0. The summed E-state index contributed by atoms with van der Waals surface area (Å²) in [6.07, 6.45) is 4.82. The van der Waals surface area contributed by atoms with Gasteiger partial charge in [-0.2, -0.15) is 0 Å². The van der Waals surface area contributed by atoms with Gasteiger partial charge in [-0.1, -0.05) is 36.7 Å². The van der Waals surface area contributed by atoms with Gasteiger partial charge in [0.15, 0.2) is 5.01 Å². The molecule has 25 heavy (non-hydrogen) atoms. The molecule has 0 bridgehead atoms. The van der Waals surface area contributed by atoms with Crippen molar-refractivity contribution < 1.29 is 4.79 Å². The van der Waals surface area contributed by atoms with Crippen LogP contribution in [-0.2, 0) is 6.42 Å². The van der Waals surface area contributed by atoms with Crippen LogP contribution in [0.4, 0.5) is 0 Å². The van der Waals surface area contributed by atoms with Gasteiger partial charge >= 0.3 is 0 Å². The molecule has 4 heteroatoms. The molecule has 0 atom stereocenters. The average molecular weight is 368 g/mol. The highest BCUT2D eigenvalue weighted by Crippen LogP contribution is 2.39. The second-order valence-electron chi connectivity index (χ2n) is 6.37. The number of thiazole rings is 1. The van der Waals surface area contributed by atoms with E-state index < -0.39 is 0 Å². The highest BCUT2D eigenvalue weighted by molar-refractivity contribution is 7.21. The Morgan fingerprint density at radius 3 is 2.60 bits per heavy atom. The van der Waals surface area contributed by atoms with Crippen LogP contribution in [0, 0.1) is 6.92 Å². The van der Waals surface area contributed by atoms with E-state index >= 15 is 0 Å². The first-order chi connectivity index (χ1) is 12.1. The molecular weight excluding hydrogens is 350 g/mol. The molecule has 0 N–H and O–H groups in total. The number of fused-ring (bicyclic) bond motifs is 1. The van der Waals surface area contributed by atoms with Crippen LogP contribution < -0.4 is 0 Å². The third-order valence-corrected chi connectivity index (χ3v) is 6.13. The number of halogens is 1. The van der Waals surface area contributed by atoms with Crippen molar-refractivity contribution >= 4 is 38.9 Å². The molecule has 0 spiro atoms. The Hall–Kier alpha value is -1.97. The minimum absolute atomic E-state index is 0.0882. The highest BCUT2D eigenvalue weighted by Gasteiger charge is 2.22. The van der Waals surface area contributed by atoms with E-state index in [1.165, 1.54) is 28.0 Å². The van der Waals surface area contributed by atoms with Gasteiger partial charge in [0.25, 0.3) is 0 Å². The third-order valence-electron chi connectivity index (χ3n) is 4.79. The monoisotopic (exact) mass is 367 g/mol. The highest BCUT2D eigenvalue weighted by atomic mass is 35.5. The van der Waals surface area contributed by atoms with Gasteiger partial charge in [0.05, 0.1) is 10.2 Å². The van der Waals surface area contributed by atoms with Gasteiger partial charge in [0, 0.05) is 10.6 Å². The summed E-state index contributed by atoms with van der Waals surface area (Å²) in [6.45, 7) is 4.28. The fourth-order valence-corrected chi connectivity index (χ4v) is 4.58. The second kappa shape index (κ2) is 6.40. The Kier molecular flexibility index (Phi) is 4.22. The summed E-state index contributed by atoms with van der Waals surface area (Å²) in [4.78, 5) is 17.2. The van der Waals surface area contributed by atoms with Gasteiger partial charge < -0.3 is 0 Å². The molecule has 0 aliphatic heterocycles. The molecule has 3 aromatic rings. The lowest BCUT2D eigenvalue weighted by atomic mass is 9.93. The van der Waals surface area contributed by atoms with E-state index in [0.29, 0.717) is 5.01 Å². The Bertz CT molecular complexity index is 1010. The van der Waals surface area contributed by atoms with Gasteiger partial charge in [-0.3, -0.25) is 4.79 Å². The number of benzene rings is 2. The maximum atomic E-state index is 12.6. The summed E-state index contributed by atoms with van der Waals surface area (Å²) in [5.41, 5.74) is 6.65. The summed E-state index contributed by atoms with van der Waals surface area (Å²) in [5, 5.41) is 1.33. The molecular formula is C21H18ClNOS. The van der Waals surface area contributed by atoms with Crippen LogP contribution >= 0.6 is 22.9 Å². The summed E-state index contributed by atoms with van der Waals surface area (Å²) < 4.78 is 1.09. The van der Waals surface area contributed by atoms with Crippen molar-refractivity contribution in [2.24, 2.45) is 0 Å². The van der Waals surface area contributed by atoms with Crippen molar-refractivity contribution in [2.45, 2.75) is 33.1 Å². The molecule has 0 unspecified atom stereocenters. The number of nitrogens with zero attached hydrogens (tertiary/aromatic N) is 1. The van der Waals surface area contributed by atoms with Gasteiger partial charge in [0.1, 0.15) is 0 Å². The van der Waals surface area contributed by atoms with E-state index in [1.807, 2.05) is 30.3 Å². The van der Waals surface area contributed by atoms with Crippen LogP contribution in [0.2, 0.25) is 5.02 Å². The second-order valence-corrected chi connectivity index (χ2v) is 7.81. The molecule has 1 aliphatic carbocycles. The number of hydrogen-bond acceptors (Lipinski definition) is 3. The molecule has 1 aliphatic rings. The van der Waals surface area contributed by atoms with Crippen molar-refractivity contribution in [3.8, 4) is 11.1 Å². The zero-order valence-electron chi connectivity index (χ0n) is 14.2. The first kappa shape index (κ1) is 16.5. The number of Topliss-reactive ketones (excluding diaryl/α,β-unsaturated/α-hetero) is 1. The zero-order valence-corrected chi connectivity index (χ0v) is 15.8. The molecule has 1 aromatic heterocycles. The molecule has 4 rings (SSSR count). The molecule has 126 valence electrons. The Balaban J connectivity index is 1.96. The predicted octanol–water partition coefficient (Wildman–Crippen LogP) is 6.39. The van der Waals surface area contributed by atoms with E-state index in [0.717, 1.165) is 45.6 Å². The molecule has 0 saturated heterocycles. The molecule has 1 heterocycles. The third kappa shape index (κ3) is 2.82. The fraction of sp³-hybridized carbons (Fsp3) is 0.238. The van der Waals surface area contributed by atoms with Crippen molar-refractivity contribution in [3.05, 3.63) is 63.1 Å². The summed E-state index contributed by atoms with van der Waals surface area (Å²) in [5.74, 6) is 0.0882. The Morgan fingerprint density at radius 2 is 2.00 bits per heavy atom. The molecule has 0 saturated carbocycles. The smallest absolute Gasteiger partial charge is 0.217 e. The van der Waals surface area contributed by atoms with Gasteiger partial charge in [-0.25, -0.2) is 4.98 Å². The van der Waals surface area contributed by atoms with E-state index in [-0.39, 0.29) is 5.78 Å². The molecule has 2 nitrogen and oxygen atoms in total. The summed E-state index contributed by atoms with van der Waals surface area (Å²) in [7, 11) is 0. The van der Waals surface area contributed by atoms with Gasteiger partial charge in [-0.15, -0.1) is 11.3 Å². The lowest BCUT2D eigenvalue weighted by Crippen LogP contribution is -2.07. The number of aryl methyl sites for hydroxylation is 1. The minimum atomic E-state index is 0.0882. The topological polar surface area (TPSA) is 30.0 Å². The van der Waals surface area contributed by atoms with Crippen LogP contribution in [0.1, 0.15) is 40.7 Å². The van der Waals surface area contributed by atoms with Crippen LogP contribution in [-0.4, -0.2) is 10.8 Å². The number of carbonyl (C=O) groups is 1. The predicted molar refractivity (Wildman–Crippen MR) is 106 cm³/mol. The number of aromatic nitrogens is 1. The lowest BCUT2D eigenvalue weighted by molar-refractivity contribution is 0.102. The number of carbonyl (C=O) groups excluding carboxylic acids is 1. The van der Waals surface area contributed by atoms with Crippen molar-refractivity contribution in [2.75, 3.05) is 0 Å². The maximum absolute atomic E-state index is 12.6. The van der Waals surface area contributed by atoms with Gasteiger partial charge in [-0.05, 0) is 66.6 Å². The molecule has 0 fully saturated rings. The van der Waals surface area contributed by atoms with Crippen molar-refractivity contribution in [1.82, 2.24) is 4.98 Å². The van der Waals surface area contributed by atoms with E-state index in [4.69, 9.17) is 11.6 Å². The standard InChI is InChI=1S/C21H18ClNOS/c1-3-16-12(2)11-17-20(18(16)13-7-9-15(22)10-8-13)25-21(23-17)19(24)14-5-4-6-14/h5,7-11H,3-4,6H2,1-2H3. The van der Waals surface area contributed by atoms with Crippen LogP contribution in [0.15, 0.2) is 42.0 Å². The van der Waals surface area contributed by atoms with E-state index in [9.17, 15) is 4.79 Å². The first-order valence-electron chi connectivity index (χ1n) is 8.51. The average Bonchev–Trinajstić information content (AvgIpc) is 2.96. The van der Waals surface area contributed by atoms with Crippen LogP contribution in [0.25, 0.3) is 21.3 Å². The number of ketones is 1. The normalized spacial score (nSPS) is 13.6. The van der Waals surface area contributed by atoms with E-state index in [2.05, 4.69) is 24.9 Å². The molecule has 2 aromatic carbocycles. The summed E-state index contributed by atoms with van der Waals surface area (Å²) >= 11 is 7.58. The van der Waals surface area contributed by atoms with E-state index in [1.54, 1.807) is 0 Å². The molecule has 0 radical (unpaired) electrons. The quantitative estimate of drug-likeness (QED) is 0.500. The fourth-order valence-electron chi connectivity index (χ4n) is 3.34. The Morgan fingerprint density at radius 1 is 1.28 bits per heavy atom.